The summed E-state index contributed by atoms with van der Waals surface area (Å²) < 4.78 is 27.5. The molecule has 1 amide bonds. The molecule has 7 nitrogen and oxygen atoms in total. The average molecular weight is 415 g/mol. The van der Waals surface area contributed by atoms with Gasteiger partial charge in [-0.1, -0.05) is 17.4 Å². The topological polar surface area (TPSA) is 112 Å². The highest BCUT2D eigenvalue weighted by atomic mass is 32.2. The van der Waals surface area contributed by atoms with Crippen molar-refractivity contribution in [1.82, 2.24) is 9.71 Å². The minimum absolute atomic E-state index is 0.0353. The molecule has 0 spiro atoms. The van der Waals surface area contributed by atoms with Crippen LogP contribution >= 0.6 is 11.3 Å². The highest BCUT2D eigenvalue weighted by Crippen LogP contribution is 2.29. The maximum absolute atomic E-state index is 12.5. The first-order chi connectivity index (χ1) is 13.3. The summed E-state index contributed by atoms with van der Waals surface area (Å²) in [5.41, 5.74) is 3.36. The molecule has 0 aliphatic rings. The molecule has 0 unspecified atom stereocenters. The molecular formula is C19H18N4O3S2. The number of nitrogens with zero attached hydrogens (tertiary/aromatic N) is 2. The Kier molecular flexibility index (Phi) is 5.74. The molecule has 0 bridgehead atoms. The third kappa shape index (κ3) is 4.36. The highest BCUT2D eigenvalue weighted by molar-refractivity contribution is 7.89. The minimum atomic E-state index is -3.70. The lowest BCUT2D eigenvalue weighted by atomic mass is 10.1. The van der Waals surface area contributed by atoms with E-state index in [0.717, 1.165) is 21.3 Å². The molecule has 0 radical (unpaired) electrons. The van der Waals surface area contributed by atoms with Gasteiger partial charge in [0.15, 0.2) is 5.13 Å². The Balaban J connectivity index is 1.75. The van der Waals surface area contributed by atoms with Crippen LogP contribution in [0.1, 0.15) is 27.9 Å². The summed E-state index contributed by atoms with van der Waals surface area (Å²) in [4.78, 5) is 17.0. The molecule has 0 saturated carbocycles. The molecule has 0 saturated heterocycles. The van der Waals surface area contributed by atoms with E-state index in [0.29, 0.717) is 10.7 Å². The number of aryl methyl sites for hydroxylation is 2. The third-order valence-electron chi connectivity index (χ3n) is 4.01. The quantitative estimate of drug-likeness (QED) is 0.601. The van der Waals surface area contributed by atoms with Crippen molar-refractivity contribution in [3.05, 3.63) is 53.1 Å². The van der Waals surface area contributed by atoms with Crippen LogP contribution in [0.3, 0.4) is 0 Å². The van der Waals surface area contributed by atoms with E-state index in [1.807, 2.05) is 32.0 Å². The van der Waals surface area contributed by atoms with Gasteiger partial charge < -0.3 is 0 Å². The Bertz CT molecular complexity index is 1180. The second-order valence-corrected chi connectivity index (χ2v) is 9.03. The number of rotatable bonds is 6. The van der Waals surface area contributed by atoms with Crippen LogP contribution in [0.15, 0.2) is 41.3 Å². The molecule has 3 rings (SSSR count). The normalized spacial score (nSPS) is 11.3. The fourth-order valence-electron chi connectivity index (χ4n) is 2.70. The van der Waals surface area contributed by atoms with Gasteiger partial charge in [0.05, 0.1) is 21.2 Å². The SMILES string of the molecule is Cc1cc(C)c2nc(NC(=O)c3ccc(S(=O)(=O)NCCC#N)cc3)sc2c1. The number of fused-ring (bicyclic) bond motifs is 1. The number of nitriles is 1. The van der Waals surface area contributed by atoms with Crippen LogP contribution in [0, 0.1) is 25.2 Å². The van der Waals surface area contributed by atoms with Crippen LogP contribution < -0.4 is 10.0 Å². The molecule has 0 atom stereocenters. The van der Waals surface area contributed by atoms with Crippen molar-refractivity contribution in [2.24, 2.45) is 0 Å². The van der Waals surface area contributed by atoms with Gasteiger partial charge in [0.25, 0.3) is 5.91 Å². The molecule has 0 aliphatic heterocycles. The molecular weight excluding hydrogens is 396 g/mol. The molecule has 1 aromatic heterocycles. The van der Waals surface area contributed by atoms with E-state index >= 15 is 0 Å². The Morgan fingerprint density at radius 3 is 2.61 bits per heavy atom. The number of amides is 1. The summed E-state index contributed by atoms with van der Waals surface area (Å²) in [5, 5.41) is 11.7. The van der Waals surface area contributed by atoms with E-state index < -0.39 is 10.0 Å². The Labute approximate surface area is 167 Å². The van der Waals surface area contributed by atoms with Gasteiger partial charge in [-0.3, -0.25) is 10.1 Å². The number of benzene rings is 2. The van der Waals surface area contributed by atoms with Crippen LogP contribution in [0.25, 0.3) is 10.2 Å². The number of nitrogens with one attached hydrogen (secondary N) is 2. The van der Waals surface area contributed by atoms with Gasteiger partial charge in [0.1, 0.15) is 0 Å². The molecule has 2 N–H and O–H groups in total. The van der Waals surface area contributed by atoms with Crippen LogP contribution in [0.5, 0.6) is 0 Å². The van der Waals surface area contributed by atoms with Gasteiger partial charge in [0, 0.05) is 18.5 Å². The molecule has 3 aromatic rings. The monoisotopic (exact) mass is 414 g/mol. The fourth-order valence-corrected chi connectivity index (χ4v) is 4.77. The standard InChI is InChI=1S/C19H18N4O3S2/c1-12-10-13(2)17-16(11-12)27-19(22-17)23-18(24)14-4-6-15(7-5-14)28(25,26)21-9-3-8-20/h4-7,10-11,21H,3,9H2,1-2H3,(H,22,23,24). The molecule has 1 heterocycles. The van der Waals surface area contributed by atoms with Crippen molar-refractivity contribution >= 4 is 42.6 Å². The van der Waals surface area contributed by atoms with Crippen LogP contribution in [-0.2, 0) is 10.0 Å². The van der Waals surface area contributed by atoms with Gasteiger partial charge >= 0.3 is 0 Å². The van der Waals surface area contributed by atoms with Crippen molar-refractivity contribution in [3.63, 3.8) is 0 Å². The molecule has 0 fully saturated rings. The summed E-state index contributed by atoms with van der Waals surface area (Å²) in [6.45, 7) is 4.03. The smallest absolute Gasteiger partial charge is 0.257 e. The summed E-state index contributed by atoms with van der Waals surface area (Å²) in [6.07, 6.45) is 0.0842. The first kappa shape index (κ1) is 19.9. The summed E-state index contributed by atoms with van der Waals surface area (Å²) >= 11 is 1.39. The average Bonchev–Trinajstić information content (AvgIpc) is 3.04. The largest absolute Gasteiger partial charge is 0.298 e. The van der Waals surface area contributed by atoms with Crippen molar-refractivity contribution in [2.75, 3.05) is 11.9 Å². The summed E-state index contributed by atoms with van der Waals surface area (Å²) in [6, 6.07) is 11.5. The van der Waals surface area contributed by atoms with Crippen molar-refractivity contribution in [1.29, 1.82) is 5.26 Å². The first-order valence-electron chi connectivity index (χ1n) is 8.46. The van der Waals surface area contributed by atoms with Gasteiger partial charge in [-0.2, -0.15) is 5.26 Å². The number of aromatic nitrogens is 1. The number of hydrogen-bond acceptors (Lipinski definition) is 6. The lowest BCUT2D eigenvalue weighted by molar-refractivity contribution is 0.102. The fraction of sp³-hybridized carbons (Fsp3) is 0.211. The predicted molar refractivity (Wildman–Crippen MR) is 109 cm³/mol. The second-order valence-electron chi connectivity index (χ2n) is 6.23. The number of thiazole rings is 1. The third-order valence-corrected chi connectivity index (χ3v) is 6.40. The molecule has 0 aliphatic carbocycles. The number of carbonyl (C=O) groups excluding carboxylic acids is 1. The zero-order valence-electron chi connectivity index (χ0n) is 15.3. The zero-order chi connectivity index (χ0) is 20.3. The Morgan fingerprint density at radius 2 is 1.93 bits per heavy atom. The van der Waals surface area contributed by atoms with Gasteiger partial charge in [-0.25, -0.2) is 18.1 Å². The number of sulfonamides is 1. The molecule has 28 heavy (non-hydrogen) atoms. The Hall–Kier alpha value is -2.80. The van der Waals surface area contributed by atoms with E-state index in [2.05, 4.69) is 15.0 Å². The van der Waals surface area contributed by atoms with E-state index in [9.17, 15) is 13.2 Å². The zero-order valence-corrected chi connectivity index (χ0v) is 16.9. The lowest BCUT2D eigenvalue weighted by Gasteiger charge is -2.06. The molecule has 9 heteroatoms. The van der Waals surface area contributed by atoms with Crippen LogP contribution in [0.2, 0.25) is 0 Å². The highest BCUT2D eigenvalue weighted by Gasteiger charge is 2.15. The molecule has 144 valence electrons. The summed E-state index contributed by atoms with van der Waals surface area (Å²) in [5.74, 6) is -0.366. The van der Waals surface area contributed by atoms with Gasteiger partial charge in [-0.05, 0) is 55.3 Å². The van der Waals surface area contributed by atoms with Crippen LogP contribution in [-0.4, -0.2) is 25.9 Å². The van der Waals surface area contributed by atoms with Crippen molar-refractivity contribution in [2.45, 2.75) is 25.2 Å². The number of anilines is 1. The number of hydrogen-bond donors (Lipinski definition) is 2. The van der Waals surface area contributed by atoms with E-state index in [1.54, 1.807) is 0 Å². The van der Waals surface area contributed by atoms with Crippen LogP contribution in [0.4, 0.5) is 5.13 Å². The van der Waals surface area contributed by atoms with E-state index in [-0.39, 0.29) is 23.8 Å². The van der Waals surface area contributed by atoms with E-state index in [4.69, 9.17) is 5.26 Å². The maximum atomic E-state index is 12.5. The molecule has 2 aromatic carbocycles. The lowest BCUT2D eigenvalue weighted by Crippen LogP contribution is -2.24. The minimum Gasteiger partial charge on any atom is -0.298 e. The second kappa shape index (κ2) is 8.06. The Morgan fingerprint density at radius 1 is 1.21 bits per heavy atom. The van der Waals surface area contributed by atoms with E-state index in [1.165, 1.54) is 35.6 Å². The predicted octanol–water partition coefficient (Wildman–Crippen LogP) is 3.36. The first-order valence-corrected chi connectivity index (χ1v) is 10.8. The van der Waals surface area contributed by atoms with Gasteiger partial charge in [0.2, 0.25) is 10.0 Å². The van der Waals surface area contributed by atoms with Gasteiger partial charge in [-0.15, -0.1) is 0 Å². The summed E-state index contributed by atoms with van der Waals surface area (Å²) in [7, 11) is -3.70. The van der Waals surface area contributed by atoms with Crippen molar-refractivity contribution < 1.29 is 13.2 Å². The maximum Gasteiger partial charge on any atom is 0.257 e. The van der Waals surface area contributed by atoms with Crippen molar-refractivity contribution in [3.8, 4) is 6.07 Å². The number of carbonyl (C=O) groups is 1.